The highest BCUT2D eigenvalue weighted by molar-refractivity contribution is 7.09. The summed E-state index contributed by atoms with van der Waals surface area (Å²) in [6, 6.07) is 12.3. The molecule has 0 N–H and O–H groups in total. The zero-order chi connectivity index (χ0) is 16.1. The van der Waals surface area contributed by atoms with Crippen LogP contribution >= 0.6 is 11.3 Å². The number of hydrogen-bond donors (Lipinski definition) is 0. The Morgan fingerprint density at radius 3 is 2.70 bits per heavy atom. The molecule has 0 atom stereocenters. The molecule has 2 aromatic rings. The van der Waals surface area contributed by atoms with E-state index >= 15 is 0 Å². The van der Waals surface area contributed by atoms with Crippen LogP contribution in [0.2, 0.25) is 0 Å². The Morgan fingerprint density at radius 1 is 1.30 bits per heavy atom. The van der Waals surface area contributed by atoms with Crippen LogP contribution in [-0.2, 0) is 11.3 Å². The maximum absolute atomic E-state index is 12.5. The molecule has 1 saturated carbocycles. The lowest BCUT2D eigenvalue weighted by molar-refractivity contribution is -0.127. The average molecular weight is 327 g/mol. The van der Waals surface area contributed by atoms with Crippen molar-refractivity contribution in [2.75, 3.05) is 6.61 Å². The van der Waals surface area contributed by atoms with E-state index < -0.39 is 0 Å². The zero-order valence-electron chi connectivity index (χ0n) is 13.3. The van der Waals surface area contributed by atoms with E-state index in [9.17, 15) is 4.79 Å². The molecule has 0 spiro atoms. The van der Waals surface area contributed by atoms with Gasteiger partial charge in [0.1, 0.15) is 5.75 Å². The predicted molar refractivity (Wildman–Crippen MR) is 94.5 cm³/mol. The number of nitrogens with zero attached hydrogens (tertiary/aromatic N) is 1. The van der Waals surface area contributed by atoms with E-state index in [1.807, 2.05) is 48.2 Å². The van der Waals surface area contributed by atoms with Crippen molar-refractivity contribution in [3.05, 3.63) is 58.3 Å². The third kappa shape index (κ3) is 4.45. The largest absolute Gasteiger partial charge is 0.494 e. The lowest BCUT2D eigenvalue weighted by Gasteiger charge is -2.19. The summed E-state index contributed by atoms with van der Waals surface area (Å²) < 4.78 is 5.43. The summed E-state index contributed by atoms with van der Waals surface area (Å²) in [6.07, 6.45) is 5.80. The molecule has 0 aliphatic heterocycles. The van der Waals surface area contributed by atoms with Crippen LogP contribution in [-0.4, -0.2) is 23.5 Å². The van der Waals surface area contributed by atoms with Gasteiger partial charge >= 0.3 is 0 Å². The fraction of sp³-hybridized carbons (Fsp3) is 0.316. The van der Waals surface area contributed by atoms with Crippen LogP contribution in [0.3, 0.4) is 0 Å². The molecule has 3 rings (SSSR count). The second-order valence-electron chi connectivity index (χ2n) is 5.61. The fourth-order valence-corrected chi connectivity index (χ4v) is 3.15. The van der Waals surface area contributed by atoms with E-state index in [4.69, 9.17) is 4.74 Å². The standard InChI is InChI=1S/C19H21NO2S/c1-2-22-17-10-5-15(6-11-17)7-12-19(21)20(16-8-9-16)14-18-4-3-13-23-18/h3-7,10-13,16H,2,8-9,14H2,1H3/b12-7+. The van der Waals surface area contributed by atoms with Crippen molar-refractivity contribution < 1.29 is 9.53 Å². The molecular weight excluding hydrogens is 306 g/mol. The highest BCUT2D eigenvalue weighted by atomic mass is 32.1. The molecule has 1 aliphatic rings. The lowest BCUT2D eigenvalue weighted by atomic mass is 10.2. The highest BCUT2D eigenvalue weighted by Crippen LogP contribution is 2.29. The summed E-state index contributed by atoms with van der Waals surface area (Å²) in [5.41, 5.74) is 1.01. The number of benzene rings is 1. The molecule has 0 bridgehead atoms. The summed E-state index contributed by atoms with van der Waals surface area (Å²) in [5.74, 6) is 0.947. The fourth-order valence-electron chi connectivity index (χ4n) is 2.45. The smallest absolute Gasteiger partial charge is 0.247 e. The Morgan fingerprint density at radius 2 is 2.09 bits per heavy atom. The quantitative estimate of drug-likeness (QED) is 0.708. The summed E-state index contributed by atoms with van der Waals surface area (Å²) in [4.78, 5) is 15.7. The van der Waals surface area contributed by atoms with Gasteiger partial charge in [-0.25, -0.2) is 0 Å². The van der Waals surface area contributed by atoms with Crippen molar-refractivity contribution >= 4 is 23.3 Å². The van der Waals surface area contributed by atoms with Gasteiger partial charge < -0.3 is 9.64 Å². The molecule has 1 aliphatic carbocycles. The van der Waals surface area contributed by atoms with E-state index in [0.29, 0.717) is 12.6 Å². The number of amides is 1. The van der Waals surface area contributed by atoms with Gasteiger partial charge in [0.2, 0.25) is 5.91 Å². The Balaban J connectivity index is 1.63. The second-order valence-corrected chi connectivity index (χ2v) is 6.64. The van der Waals surface area contributed by atoms with Gasteiger partial charge in [-0.3, -0.25) is 4.79 Å². The number of carbonyl (C=O) groups is 1. The first-order valence-corrected chi connectivity index (χ1v) is 8.88. The number of rotatable bonds is 7. The number of hydrogen-bond acceptors (Lipinski definition) is 3. The molecule has 1 fully saturated rings. The van der Waals surface area contributed by atoms with Gasteiger partial charge in [-0.05, 0) is 55.0 Å². The van der Waals surface area contributed by atoms with Gasteiger partial charge in [-0.15, -0.1) is 11.3 Å². The number of ether oxygens (including phenoxy) is 1. The lowest BCUT2D eigenvalue weighted by Crippen LogP contribution is -2.30. The van der Waals surface area contributed by atoms with E-state index in [-0.39, 0.29) is 5.91 Å². The molecule has 4 heteroatoms. The molecule has 3 nitrogen and oxygen atoms in total. The molecule has 0 saturated heterocycles. The topological polar surface area (TPSA) is 29.5 Å². The van der Waals surface area contributed by atoms with E-state index in [0.717, 1.165) is 30.7 Å². The number of thiophene rings is 1. The molecular formula is C19H21NO2S. The summed E-state index contributed by atoms with van der Waals surface area (Å²) >= 11 is 1.70. The third-order valence-corrected chi connectivity index (χ3v) is 4.65. The first-order valence-electron chi connectivity index (χ1n) is 8.00. The van der Waals surface area contributed by atoms with E-state index in [2.05, 4.69) is 11.4 Å². The van der Waals surface area contributed by atoms with Gasteiger partial charge in [-0.2, -0.15) is 0 Å². The number of carbonyl (C=O) groups excluding carboxylic acids is 1. The maximum atomic E-state index is 12.5. The first kappa shape index (κ1) is 15.8. The Labute approximate surface area is 141 Å². The average Bonchev–Trinajstić information content (AvgIpc) is 3.28. The van der Waals surface area contributed by atoms with Crippen LogP contribution in [0.1, 0.15) is 30.2 Å². The summed E-state index contributed by atoms with van der Waals surface area (Å²) in [5, 5.41) is 2.06. The van der Waals surface area contributed by atoms with Gasteiger partial charge in [0.15, 0.2) is 0 Å². The van der Waals surface area contributed by atoms with Gasteiger partial charge in [0.25, 0.3) is 0 Å². The molecule has 120 valence electrons. The second kappa shape index (κ2) is 7.47. The normalized spacial score (nSPS) is 14.1. The van der Waals surface area contributed by atoms with Crippen molar-refractivity contribution in [2.24, 2.45) is 0 Å². The van der Waals surface area contributed by atoms with Crippen molar-refractivity contribution in [3.8, 4) is 5.75 Å². The van der Waals surface area contributed by atoms with Crippen molar-refractivity contribution in [2.45, 2.75) is 32.4 Å². The van der Waals surface area contributed by atoms with Crippen LogP contribution in [0, 0.1) is 0 Å². The summed E-state index contributed by atoms with van der Waals surface area (Å²) in [6.45, 7) is 3.34. The molecule has 1 heterocycles. The van der Waals surface area contributed by atoms with Gasteiger partial charge in [-0.1, -0.05) is 18.2 Å². The zero-order valence-corrected chi connectivity index (χ0v) is 14.1. The van der Waals surface area contributed by atoms with Crippen LogP contribution in [0.5, 0.6) is 5.75 Å². The van der Waals surface area contributed by atoms with Gasteiger partial charge in [0, 0.05) is 17.0 Å². The minimum atomic E-state index is 0.0924. The SMILES string of the molecule is CCOc1ccc(/C=C/C(=O)N(Cc2cccs2)C2CC2)cc1. The van der Waals surface area contributed by atoms with Gasteiger partial charge in [0.05, 0.1) is 13.2 Å². The van der Waals surface area contributed by atoms with Crippen molar-refractivity contribution in [3.63, 3.8) is 0 Å². The molecule has 0 radical (unpaired) electrons. The molecule has 1 amide bonds. The minimum absolute atomic E-state index is 0.0924. The summed E-state index contributed by atoms with van der Waals surface area (Å²) in [7, 11) is 0. The minimum Gasteiger partial charge on any atom is -0.494 e. The molecule has 0 unspecified atom stereocenters. The highest BCUT2D eigenvalue weighted by Gasteiger charge is 2.31. The van der Waals surface area contributed by atoms with Crippen LogP contribution in [0.4, 0.5) is 0 Å². The monoisotopic (exact) mass is 327 g/mol. The molecule has 1 aromatic heterocycles. The molecule has 1 aromatic carbocycles. The Bertz CT molecular complexity index is 657. The third-order valence-electron chi connectivity index (χ3n) is 3.79. The van der Waals surface area contributed by atoms with Crippen molar-refractivity contribution in [1.82, 2.24) is 4.90 Å². The Hall–Kier alpha value is -2.07. The Kier molecular flexibility index (Phi) is 5.13. The van der Waals surface area contributed by atoms with Crippen LogP contribution in [0.25, 0.3) is 6.08 Å². The maximum Gasteiger partial charge on any atom is 0.247 e. The molecule has 23 heavy (non-hydrogen) atoms. The van der Waals surface area contributed by atoms with E-state index in [1.54, 1.807) is 17.4 Å². The van der Waals surface area contributed by atoms with Crippen molar-refractivity contribution in [1.29, 1.82) is 0 Å². The van der Waals surface area contributed by atoms with Crippen LogP contribution < -0.4 is 4.74 Å². The first-order chi connectivity index (χ1) is 11.3. The predicted octanol–water partition coefficient (Wildman–Crippen LogP) is 4.35. The van der Waals surface area contributed by atoms with Crippen LogP contribution in [0.15, 0.2) is 47.9 Å². The van der Waals surface area contributed by atoms with E-state index in [1.165, 1.54) is 4.88 Å².